The molecule has 2 aromatic rings. The van der Waals surface area contributed by atoms with Gasteiger partial charge in [0, 0.05) is 18.5 Å². The molecule has 0 aliphatic carbocycles. The summed E-state index contributed by atoms with van der Waals surface area (Å²) in [4.78, 5) is 63.1. The van der Waals surface area contributed by atoms with Gasteiger partial charge in [-0.2, -0.15) is 0 Å². The average Bonchev–Trinajstić information content (AvgIpc) is 2.82. The standard InChI is InChI=1S/C24H27N5O5/c1-14(22(32)28-18(21(26)31)12-20(25)30)27-23(33)19-11-16-9-5-6-10-17(16)13-29(19)24(34)15-7-3-2-4-8-15/h2-10,14,18-19H,11-13H2,1H3,(H2,25,30)(H2,26,31)(H,27,33)(H,28,32)/t14-,18-,19-/m0/s1. The highest BCUT2D eigenvalue weighted by molar-refractivity contribution is 5.99. The molecule has 34 heavy (non-hydrogen) atoms. The fourth-order valence-electron chi connectivity index (χ4n) is 3.81. The lowest BCUT2D eigenvalue weighted by Crippen LogP contribution is -2.57. The van der Waals surface area contributed by atoms with Gasteiger partial charge in [0.15, 0.2) is 0 Å². The first-order chi connectivity index (χ1) is 16.2. The van der Waals surface area contributed by atoms with Gasteiger partial charge in [0.25, 0.3) is 5.91 Å². The lowest BCUT2D eigenvalue weighted by atomic mass is 9.92. The van der Waals surface area contributed by atoms with Crippen LogP contribution in [0.1, 0.15) is 34.8 Å². The highest BCUT2D eigenvalue weighted by atomic mass is 16.2. The summed E-state index contributed by atoms with van der Waals surface area (Å²) in [6.07, 6.45) is -0.180. The van der Waals surface area contributed by atoms with E-state index in [1.807, 2.05) is 24.3 Å². The zero-order valence-corrected chi connectivity index (χ0v) is 18.7. The Morgan fingerprint density at radius 3 is 2.18 bits per heavy atom. The monoisotopic (exact) mass is 465 g/mol. The normalized spacial score (nSPS) is 16.5. The molecule has 3 atom stereocenters. The van der Waals surface area contributed by atoms with E-state index in [0.29, 0.717) is 5.56 Å². The highest BCUT2D eigenvalue weighted by Gasteiger charge is 2.36. The fourth-order valence-corrected chi connectivity index (χ4v) is 3.81. The molecule has 0 saturated carbocycles. The maximum Gasteiger partial charge on any atom is 0.254 e. The molecule has 0 bridgehead atoms. The van der Waals surface area contributed by atoms with Gasteiger partial charge in [0.05, 0.1) is 6.42 Å². The minimum Gasteiger partial charge on any atom is -0.370 e. The molecule has 3 rings (SSSR count). The summed E-state index contributed by atoms with van der Waals surface area (Å²) in [5, 5.41) is 4.92. The van der Waals surface area contributed by atoms with Crippen molar-refractivity contribution in [2.75, 3.05) is 0 Å². The minimum absolute atomic E-state index is 0.241. The average molecular weight is 466 g/mol. The lowest BCUT2D eigenvalue weighted by molar-refractivity contribution is -0.133. The van der Waals surface area contributed by atoms with E-state index in [2.05, 4.69) is 10.6 Å². The topological polar surface area (TPSA) is 165 Å². The second kappa shape index (κ2) is 10.6. The molecule has 0 saturated heterocycles. The van der Waals surface area contributed by atoms with Crippen LogP contribution >= 0.6 is 0 Å². The number of nitrogens with one attached hydrogen (secondary N) is 2. The number of carbonyl (C=O) groups excluding carboxylic acids is 5. The second-order valence-corrected chi connectivity index (χ2v) is 8.15. The molecule has 0 fully saturated rings. The van der Waals surface area contributed by atoms with Crippen molar-refractivity contribution < 1.29 is 24.0 Å². The van der Waals surface area contributed by atoms with Crippen LogP contribution in [0.25, 0.3) is 0 Å². The summed E-state index contributed by atoms with van der Waals surface area (Å²) in [5.41, 5.74) is 12.6. The SMILES string of the molecule is C[C@H](NC(=O)[C@@H]1Cc2ccccc2CN1C(=O)c1ccccc1)C(=O)N[C@@H](CC(N)=O)C(N)=O. The van der Waals surface area contributed by atoms with Crippen LogP contribution in [0.4, 0.5) is 0 Å². The zero-order chi connectivity index (χ0) is 24.8. The summed E-state index contributed by atoms with van der Waals surface area (Å²) >= 11 is 0. The molecule has 1 heterocycles. The number of primary amides is 2. The Morgan fingerprint density at radius 1 is 0.941 bits per heavy atom. The predicted molar refractivity (Wildman–Crippen MR) is 123 cm³/mol. The van der Waals surface area contributed by atoms with Crippen LogP contribution < -0.4 is 22.1 Å². The van der Waals surface area contributed by atoms with E-state index in [-0.39, 0.29) is 18.9 Å². The van der Waals surface area contributed by atoms with Gasteiger partial charge in [-0.25, -0.2) is 0 Å². The molecule has 1 aliphatic rings. The van der Waals surface area contributed by atoms with E-state index >= 15 is 0 Å². The maximum absolute atomic E-state index is 13.2. The molecule has 6 N–H and O–H groups in total. The molecule has 0 spiro atoms. The second-order valence-electron chi connectivity index (χ2n) is 8.15. The van der Waals surface area contributed by atoms with Crippen molar-refractivity contribution in [1.82, 2.24) is 15.5 Å². The summed E-state index contributed by atoms with van der Waals surface area (Å²) in [7, 11) is 0. The molecule has 0 unspecified atom stereocenters. The van der Waals surface area contributed by atoms with Crippen LogP contribution in [0.15, 0.2) is 54.6 Å². The van der Waals surface area contributed by atoms with E-state index in [4.69, 9.17) is 11.5 Å². The highest BCUT2D eigenvalue weighted by Crippen LogP contribution is 2.25. The van der Waals surface area contributed by atoms with Crippen LogP contribution in [-0.4, -0.2) is 52.6 Å². The molecule has 178 valence electrons. The van der Waals surface area contributed by atoms with Gasteiger partial charge in [0.1, 0.15) is 18.1 Å². The molecule has 10 nitrogen and oxygen atoms in total. The summed E-state index contributed by atoms with van der Waals surface area (Å²) in [6, 6.07) is 13.0. The third-order valence-electron chi connectivity index (χ3n) is 5.65. The molecule has 0 aromatic heterocycles. The number of rotatable bonds is 8. The number of amides is 5. The van der Waals surface area contributed by atoms with E-state index < -0.39 is 48.2 Å². The van der Waals surface area contributed by atoms with Crippen LogP contribution in [0.2, 0.25) is 0 Å². The third-order valence-corrected chi connectivity index (χ3v) is 5.65. The first-order valence-electron chi connectivity index (χ1n) is 10.8. The van der Waals surface area contributed by atoms with Crippen molar-refractivity contribution in [1.29, 1.82) is 0 Å². The Morgan fingerprint density at radius 2 is 1.56 bits per heavy atom. The van der Waals surface area contributed by atoms with Gasteiger partial charge in [-0.15, -0.1) is 0 Å². The number of nitrogens with zero attached hydrogens (tertiary/aromatic N) is 1. The first-order valence-corrected chi connectivity index (χ1v) is 10.8. The molecular formula is C24H27N5O5. The van der Waals surface area contributed by atoms with Gasteiger partial charge >= 0.3 is 0 Å². The van der Waals surface area contributed by atoms with Crippen LogP contribution in [0.5, 0.6) is 0 Å². The van der Waals surface area contributed by atoms with E-state index in [1.165, 1.54) is 11.8 Å². The van der Waals surface area contributed by atoms with Gasteiger partial charge in [-0.1, -0.05) is 42.5 Å². The largest absolute Gasteiger partial charge is 0.370 e. The van der Waals surface area contributed by atoms with Crippen molar-refractivity contribution >= 4 is 29.5 Å². The van der Waals surface area contributed by atoms with Gasteiger partial charge in [-0.05, 0) is 30.2 Å². The van der Waals surface area contributed by atoms with E-state index in [0.717, 1.165) is 11.1 Å². The molecule has 5 amide bonds. The van der Waals surface area contributed by atoms with Crippen molar-refractivity contribution in [3.05, 3.63) is 71.3 Å². The van der Waals surface area contributed by atoms with Gasteiger partial charge in [-0.3, -0.25) is 24.0 Å². The van der Waals surface area contributed by atoms with Crippen molar-refractivity contribution in [2.45, 2.75) is 44.4 Å². The number of fused-ring (bicyclic) bond motifs is 1. The van der Waals surface area contributed by atoms with Gasteiger partial charge in [0.2, 0.25) is 23.6 Å². The molecular weight excluding hydrogens is 438 g/mol. The smallest absolute Gasteiger partial charge is 0.254 e. The van der Waals surface area contributed by atoms with Crippen molar-refractivity contribution in [2.24, 2.45) is 11.5 Å². The first kappa shape index (κ1) is 24.4. The Kier molecular flexibility index (Phi) is 7.62. The lowest BCUT2D eigenvalue weighted by Gasteiger charge is -2.36. The van der Waals surface area contributed by atoms with Gasteiger partial charge < -0.3 is 27.0 Å². The van der Waals surface area contributed by atoms with Crippen molar-refractivity contribution in [3.63, 3.8) is 0 Å². The Balaban J connectivity index is 1.77. The summed E-state index contributed by atoms with van der Waals surface area (Å²) in [6.45, 7) is 1.67. The van der Waals surface area contributed by atoms with E-state index in [9.17, 15) is 24.0 Å². The minimum atomic E-state index is -1.29. The predicted octanol–water partition coefficient (Wildman–Crippen LogP) is -0.396. The van der Waals surface area contributed by atoms with E-state index in [1.54, 1.807) is 30.3 Å². The van der Waals surface area contributed by atoms with Crippen molar-refractivity contribution in [3.8, 4) is 0 Å². The Bertz CT molecular complexity index is 1100. The fraction of sp³-hybridized carbons (Fsp3) is 0.292. The molecule has 2 aromatic carbocycles. The molecule has 10 heteroatoms. The number of carbonyl (C=O) groups is 5. The maximum atomic E-state index is 13.2. The van der Waals surface area contributed by atoms with Crippen LogP contribution in [0.3, 0.4) is 0 Å². The van der Waals surface area contributed by atoms with Crippen LogP contribution in [0, 0.1) is 0 Å². The van der Waals surface area contributed by atoms with Crippen LogP contribution in [-0.2, 0) is 32.1 Å². The number of nitrogens with two attached hydrogens (primary N) is 2. The quantitative estimate of drug-likeness (QED) is 0.416. The molecule has 0 radical (unpaired) electrons. The number of benzene rings is 2. The Hall–Kier alpha value is -4.21. The number of hydrogen-bond acceptors (Lipinski definition) is 5. The third kappa shape index (κ3) is 5.77. The molecule has 1 aliphatic heterocycles. The Labute approximate surface area is 196 Å². The summed E-state index contributed by atoms with van der Waals surface area (Å²) in [5.74, 6) is -3.27. The summed E-state index contributed by atoms with van der Waals surface area (Å²) < 4.78 is 0. The zero-order valence-electron chi connectivity index (χ0n) is 18.7. The number of hydrogen-bond donors (Lipinski definition) is 4.